The van der Waals surface area contributed by atoms with Crippen molar-refractivity contribution in [2.24, 2.45) is 5.73 Å². The molecule has 4 rings (SSSR count). The summed E-state index contributed by atoms with van der Waals surface area (Å²) in [7, 11) is 0. The number of ether oxygens (including phenoxy) is 1. The topological polar surface area (TPSA) is 48.1 Å². The lowest BCUT2D eigenvalue weighted by Gasteiger charge is -2.12. The van der Waals surface area contributed by atoms with Crippen LogP contribution in [0.25, 0.3) is 21.9 Å². The second-order valence-corrected chi connectivity index (χ2v) is 5.33. The van der Waals surface area contributed by atoms with Crippen molar-refractivity contribution < 1.29 is 4.74 Å². The number of aromatic nitrogens is 1. The van der Waals surface area contributed by atoms with E-state index >= 15 is 0 Å². The highest BCUT2D eigenvalue weighted by Crippen LogP contribution is 2.36. The Morgan fingerprint density at radius 2 is 2.14 bits per heavy atom. The summed E-state index contributed by atoms with van der Waals surface area (Å²) in [6.07, 6.45) is 4.70. The molecule has 1 aliphatic rings. The van der Waals surface area contributed by atoms with Crippen LogP contribution in [-0.2, 0) is 13.0 Å². The normalized spacial score (nSPS) is 13.2. The van der Waals surface area contributed by atoms with E-state index in [0.717, 1.165) is 29.7 Å². The number of hydrogen-bond acceptors (Lipinski definition) is 3. The maximum absolute atomic E-state index is 5.89. The van der Waals surface area contributed by atoms with Crippen molar-refractivity contribution in [1.82, 2.24) is 4.98 Å². The fourth-order valence-electron chi connectivity index (χ4n) is 3.07. The second-order valence-electron chi connectivity index (χ2n) is 5.33. The standard InChI is InChI=1S/C18H16N2O/c19-10-15-9-14(8-12-5-7-21-18(12)15)16-3-1-2-13-11-20-6-4-17(13)16/h1-4,6,8-9,11H,5,7,10,19H2. The molecule has 0 spiro atoms. The molecule has 2 N–H and O–H groups in total. The molecule has 1 aromatic heterocycles. The van der Waals surface area contributed by atoms with E-state index in [1.54, 1.807) is 0 Å². The molecule has 0 unspecified atom stereocenters. The molecular weight excluding hydrogens is 260 g/mol. The van der Waals surface area contributed by atoms with E-state index in [1.807, 2.05) is 12.4 Å². The van der Waals surface area contributed by atoms with Gasteiger partial charge in [-0.15, -0.1) is 0 Å². The van der Waals surface area contributed by atoms with Gasteiger partial charge in [0.1, 0.15) is 5.75 Å². The predicted octanol–water partition coefficient (Wildman–Crippen LogP) is 3.30. The Bertz CT molecular complexity index is 821. The van der Waals surface area contributed by atoms with Crippen LogP contribution in [-0.4, -0.2) is 11.6 Å². The number of rotatable bonds is 2. The molecule has 0 fully saturated rings. The van der Waals surface area contributed by atoms with Crippen molar-refractivity contribution in [3.8, 4) is 16.9 Å². The minimum atomic E-state index is 0.502. The summed E-state index contributed by atoms with van der Waals surface area (Å²) >= 11 is 0. The van der Waals surface area contributed by atoms with E-state index in [0.29, 0.717) is 6.54 Å². The summed E-state index contributed by atoms with van der Waals surface area (Å²) in [5, 5.41) is 2.37. The third kappa shape index (κ3) is 1.98. The van der Waals surface area contributed by atoms with Gasteiger partial charge in [-0.3, -0.25) is 4.98 Å². The van der Waals surface area contributed by atoms with Crippen LogP contribution in [0, 0.1) is 0 Å². The van der Waals surface area contributed by atoms with Gasteiger partial charge in [-0.1, -0.05) is 18.2 Å². The number of nitrogens with zero attached hydrogens (tertiary/aromatic N) is 1. The van der Waals surface area contributed by atoms with E-state index in [9.17, 15) is 0 Å². The highest BCUT2D eigenvalue weighted by Gasteiger charge is 2.18. The Morgan fingerprint density at radius 1 is 1.19 bits per heavy atom. The van der Waals surface area contributed by atoms with Gasteiger partial charge in [0.05, 0.1) is 6.61 Å². The Kier molecular flexibility index (Phi) is 2.86. The van der Waals surface area contributed by atoms with E-state index in [1.165, 1.54) is 22.1 Å². The summed E-state index contributed by atoms with van der Waals surface area (Å²) in [4.78, 5) is 4.20. The van der Waals surface area contributed by atoms with Crippen molar-refractivity contribution >= 4 is 10.8 Å². The minimum Gasteiger partial charge on any atom is -0.493 e. The van der Waals surface area contributed by atoms with Gasteiger partial charge < -0.3 is 10.5 Å². The van der Waals surface area contributed by atoms with Gasteiger partial charge in [0, 0.05) is 36.3 Å². The van der Waals surface area contributed by atoms with Crippen LogP contribution in [0.1, 0.15) is 11.1 Å². The molecular formula is C18H16N2O. The molecule has 21 heavy (non-hydrogen) atoms. The Hall–Kier alpha value is -2.39. The molecule has 2 heterocycles. The number of fused-ring (bicyclic) bond motifs is 2. The number of nitrogens with two attached hydrogens (primary N) is 1. The fourth-order valence-corrected chi connectivity index (χ4v) is 3.07. The lowest BCUT2D eigenvalue weighted by Crippen LogP contribution is -2.00. The molecule has 2 aromatic carbocycles. The molecule has 0 saturated heterocycles. The molecule has 0 aliphatic carbocycles. The maximum Gasteiger partial charge on any atom is 0.127 e. The zero-order valence-corrected chi connectivity index (χ0v) is 11.7. The van der Waals surface area contributed by atoms with E-state index in [4.69, 9.17) is 10.5 Å². The van der Waals surface area contributed by atoms with Crippen LogP contribution in [0.2, 0.25) is 0 Å². The Balaban J connectivity index is 1.97. The highest BCUT2D eigenvalue weighted by atomic mass is 16.5. The van der Waals surface area contributed by atoms with Crippen molar-refractivity contribution in [3.05, 3.63) is 59.9 Å². The molecule has 0 amide bonds. The average molecular weight is 276 g/mol. The van der Waals surface area contributed by atoms with Gasteiger partial charge >= 0.3 is 0 Å². The molecule has 1 aliphatic heterocycles. The first-order valence-electron chi connectivity index (χ1n) is 7.18. The quantitative estimate of drug-likeness (QED) is 0.781. The zero-order chi connectivity index (χ0) is 14.2. The molecule has 0 bridgehead atoms. The number of pyridine rings is 1. The second kappa shape index (κ2) is 4.86. The van der Waals surface area contributed by atoms with Gasteiger partial charge in [-0.2, -0.15) is 0 Å². The summed E-state index contributed by atoms with van der Waals surface area (Å²) < 4.78 is 5.71. The summed E-state index contributed by atoms with van der Waals surface area (Å²) in [5.41, 5.74) is 10.7. The van der Waals surface area contributed by atoms with E-state index in [-0.39, 0.29) is 0 Å². The lowest BCUT2D eigenvalue weighted by atomic mass is 9.95. The maximum atomic E-state index is 5.89. The Morgan fingerprint density at radius 3 is 3.05 bits per heavy atom. The minimum absolute atomic E-state index is 0.502. The smallest absolute Gasteiger partial charge is 0.127 e. The first kappa shape index (κ1) is 12.4. The predicted molar refractivity (Wildman–Crippen MR) is 84.3 cm³/mol. The van der Waals surface area contributed by atoms with Crippen LogP contribution in [0.15, 0.2) is 48.8 Å². The lowest BCUT2D eigenvalue weighted by molar-refractivity contribution is 0.353. The van der Waals surface area contributed by atoms with Crippen molar-refractivity contribution in [1.29, 1.82) is 0 Å². The fraction of sp³-hybridized carbons (Fsp3) is 0.167. The summed E-state index contributed by atoms with van der Waals surface area (Å²) in [5.74, 6) is 0.989. The van der Waals surface area contributed by atoms with Crippen molar-refractivity contribution in [2.75, 3.05) is 6.61 Å². The third-order valence-electron chi connectivity index (χ3n) is 4.07. The first-order valence-corrected chi connectivity index (χ1v) is 7.18. The van der Waals surface area contributed by atoms with Crippen molar-refractivity contribution in [2.45, 2.75) is 13.0 Å². The first-order chi connectivity index (χ1) is 10.4. The highest BCUT2D eigenvalue weighted by molar-refractivity contribution is 5.96. The van der Waals surface area contributed by atoms with Gasteiger partial charge in [0.25, 0.3) is 0 Å². The van der Waals surface area contributed by atoms with Crippen LogP contribution < -0.4 is 10.5 Å². The monoisotopic (exact) mass is 276 g/mol. The molecule has 0 atom stereocenters. The van der Waals surface area contributed by atoms with Crippen LogP contribution in [0.4, 0.5) is 0 Å². The molecule has 3 heteroatoms. The average Bonchev–Trinajstić information content (AvgIpc) is 3.02. The zero-order valence-electron chi connectivity index (χ0n) is 11.7. The largest absolute Gasteiger partial charge is 0.493 e. The number of benzene rings is 2. The number of hydrogen-bond donors (Lipinski definition) is 1. The van der Waals surface area contributed by atoms with Gasteiger partial charge in [0.2, 0.25) is 0 Å². The molecule has 0 radical (unpaired) electrons. The van der Waals surface area contributed by atoms with E-state index < -0.39 is 0 Å². The van der Waals surface area contributed by atoms with Crippen LogP contribution in [0.3, 0.4) is 0 Å². The van der Waals surface area contributed by atoms with E-state index in [2.05, 4.69) is 41.4 Å². The molecule has 0 saturated carbocycles. The van der Waals surface area contributed by atoms with Gasteiger partial charge in [-0.25, -0.2) is 0 Å². The molecule has 3 nitrogen and oxygen atoms in total. The summed E-state index contributed by atoms with van der Waals surface area (Å²) in [6.45, 7) is 1.26. The van der Waals surface area contributed by atoms with Crippen molar-refractivity contribution in [3.63, 3.8) is 0 Å². The van der Waals surface area contributed by atoms with Crippen LogP contribution >= 0.6 is 0 Å². The molecule has 3 aromatic rings. The Labute approximate surface area is 123 Å². The summed E-state index contributed by atoms with van der Waals surface area (Å²) in [6, 6.07) is 12.8. The van der Waals surface area contributed by atoms with Gasteiger partial charge in [0.15, 0.2) is 0 Å². The molecule has 104 valence electrons. The van der Waals surface area contributed by atoms with Gasteiger partial charge in [-0.05, 0) is 40.3 Å². The van der Waals surface area contributed by atoms with Crippen LogP contribution in [0.5, 0.6) is 5.75 Å². The third-order valence-corrected chi connectivity index (χ3v) is 4.07. The SMILES string of the molecule is NCc1cc(-c2cccc3cnccc23)cc2c1OCC2.